The Morgan fingerprint density at radius 3 is 2.30 bits per heavy atom. The molecule has 2 unspecified atom stereocenters. The first-order valence-corrected chi connectivity index (χ1v) is 7.66. The number of amides is 1. The van der Waals surface area contributed by atoms with E-state index in [4.69, 9.17) is 5.11 Å². The zero-order chi connectivity index (χ0) is 17.2. The van der Waals surface area contributed by atoms with E-state index >= 15 is 0 Å². The Labute approximate surface area is 135 Å². The van der Waals surface area contributed by atoms with Gasteiger partial charge in [0.1, 0.15) is 0 Å². The van der Waals surface area contributed by atoms with Gasteiger partial charge in [-0.15, -0.1) is 0 Å². The van der Waals surface area contributed by atoms with Gasteiger partial charge in [0.05, 0.1) is 30.6 Å². The van der Waals surface area contributed by atoms with Crippen molar-refractivity contribution < 1.29 is 24.9 Å². The quantitative estimate of drug-likeness (QED) is 0.598. The molecule has 1 aliphatic rings. The molecule has 0 spiro atoms. The van der Waals surface area contributed by atoms with E-state index < -0.39 is 35.4 Å². The van der Waals surface area contributed by atoms with E-state index in [1.807, 2.05) is 6.07 Å². The van der Waals surface area contributed by atoms with Crippen LogP contribution in [0.2, 0.25) is 0 Å². The van der Waals surface area contributed by atoms with E-state index in [0.29, 0.717) is 5.56 Å². The second-order valence-corrected chi connectivity index (χ2v) is 6.67. The van der Waals surface area contributed by atoms with Crippen molar-refractivity contribution in [1.29, 1.82) is 0 Å². The Bertz CT molecular complexity index is 572. The first-order chi connectivity index (χ1) is 10.8. The monoisotopic (exact) mass is 321 g/mol. The van der Waals surface area contributed by atoms with E-state index in [9.17, 15) is 19.8 Å². The molecule has 1 aromatic rings. The number of benzene rings is 1. The summed E-state index contributed by atoms with van der Waals surface area (Å²) >= 11 is 0. The van der Waals surface area contributed by atoms with Gasteiger partial charge in [-0.25, -0.2) is 0 Å². The number of carbonyl (C=O) groups excluding carboxylic acids is 1. The number of carboxylic acids is 1. The number of hydrogen-bond acceptors (Lipinski definition) is 4. The van der Waals surface area contributed by atoms with Crippen molar-refractivity contribution in [1.82, 2.24) is 5.32 Å². The number of carbonyl (C=O) groups is 2. The largest absolute Gasteiger partial charge is 0.481 e. The van der Waals surface area contributed by atoms with Gasteiger partial charge in [0.15, 0.2) is 0 Å². The van der Waals surface area contributed by atoms with E-state index in [2.05, 4.69) is 5.32 Å². The van der Waals surface area contributed by atoms with Crippen LogP contribution in [0.1, 0.15) is 31.9 Å². The first-order valence-electron chi connectivity index (χ1n) is 7.66. The number of aliphatic hydroxyl groups excluding tert-OH is 2. The Morgan fingerprint density at radius 2 is 1.83 bits per heavy atom. The van der Waals surface area contributed by atoms with Crippen LogP contribution in [0.4, 0.5) is 0 Å². The summed E-state index contributed by atoms with van der Waals surface area (Å²) in [5.41, 5.74) is 0.115. The van der Waals surface area contributed by atoms with Crippen LogP contribution in [0.5, 0.6) is 0 Å². The van der Waals surface area contributed by atoms with Crippen molar-refractivity contribution in [2.45, 2.75) is 32.4 Å². The molecule has 126 valence electrons. The van der Waals surface area contributed by atoms with E-state index in [0.717, 1.165) is 0 Å². The molecular weight excluding hydrogens is 298 g/mol. The molecule has 1 aromatic carbocycles. The maximum absolute atomic E-state index is 12.3. The summed E-state index contributed by atoms with van der Waals surface area (Å²) in [5.74, 6) is -2.69. The molecule has 0 saturated heterocycles. The second-order valence-electron chi connectivity index (χ2n) is 6.67. The third-order valence-electron chi connectivity index (χ3n) is 4.63. The highest BCUT2D eigenvalue weighted by molar-refractivity contribution is 5.91. The molecule has 0 radical (unpaired) electrons. The minimum atomic E-state index is -0.986. The van der Waals surface area contributed by atoms with E-state index in [1.54, 1.807) is 38.1 Å². The highest BCUT2D eigenvalue weighted by Crippen LogP contribution is 2.58. The molecule has 1 amide bonds. The first kappa shape index (κ1) is 17.4. The van der Waals surface area contributed by atoms with Crippen LogP contribution in [-0.4, -0.2) is 39.8 Å². The molecule has 4 N–H and O–H groups in total. The highest BCUT2D eigenvalue weighted by Gasteiger charge is 2.65. The Kier molecular flexibility index (Phi) is 5.06. The number of rotatable bonds is 7. The van der Waals surface area contributed by atoms with Gasteiger partial charge < -0.3 is 20.6 Å². The Morgan fingerprint density at radius 1 is 1.22 bits per heavy atom. The van der Waals surface area contributed by atoms with Crippen molar-refractivity contribution in [3.8, 4) is 0 Å². The minimum Gasteiger partial charge on any atom is -0.481 e. The second kappa shape index (κ2) is 6.68. The molecule has 1 fully saturated rings. The van der Waals surface area contributed by atoms with Crippen LogP contribution in [0.3, 0.4) is 0 Å². The van der Waals surface area contributed by atoms with Crippen molar-refractivity contribution >= 4 is 11.9 Å². The lowest BCUT2D eigenvalue weighted by molar-refractivity contribution is -0.140. The molecule has 6 heteroatoms. The summed E-state index contributed by atoms with van der Waals surface area (Å²) in [6.07, 6.45) is -0.645. The van der Waals surface area contributed by atoms with Crippen molar-refractivity contribution in [2.75, 3.05) is 6.61 Å². The fourth-order valence-electron chi connectivity index (χ4n) is 3.14. The average molecular weight is 321 g/mol. The lowest BCUT2D eigenvalue weighted by Gasteiger charge is -2.20. The predicted octanol–water partition coefficient (Wildman–Crippen LogP) is 0.944. The molecule has 6 nitrogen and oxygen atoms in total. The van der Waals surface area contributed by atoms with Crippen molar-refractivity contribution in [3.05, 3.63) is 35.9 Å². The summed E-state index contributed by atoms with van der Waals surface area (Å²) in [6.45, 7) is 3.16. The molecule has 0 bridgehead atoms. The van der Waals surface area contributed by atoms with Gasteiger partial charge in [0.25, 0.3) is 0 Å². The van der Waals surface area contributed by atoms with E-state index in [1.165, 1.54) is 0 Å². The summed E-state index contributed by atoms with van der Waals surface area (Å²) in [6, 6.07) is 8.35. The number of aliphatic carboxylic acids is 1. The van der Waals surface area contributed by atoms with Crippen LogP contribution in [-0.2, 0) is 9.59 Å². The molecule has 0 aromatic heterocycles. The average Bonchev–Trinajstić information content (AvgIpc) is 3.10. The van der Waals surface area contributed by atoms with Crippen LogP contribution >= 0.6 is 0 Å². The zero-order valence-corrected chi connectivity index (χ0v) is 13.3. The summed E-state index contributed by atoms with van der Waals surface area (Å²) < 4.78 is 0. The molecular formula is C17H23NO5. The topological polar surface area (TPSA) is 107 Å². The minimum absolute atomic E-state index is 0.164. The number of hydrogen-bond donors (Lipinski definition) is 4. The fraction of sp³-hybridized carbons (Fsp3) is 0.529. The van der Waals surface area contributed by atoms with Gasteiger partial charge in [-0.3, -0.25) is 9.59 Å². The zero-order valence-electron chi connectivity index (χ0n) is 13.3. The summed E-state index contributed by atoms with van der Waals surface area (Å²) in [5, 5.41) is 31.4. The Hall–Kier alpha value is -1.92. The van der Waals surface area contributed by atoms with Crippen LogP contribution in [0.25, 0.3) is 0 Å². The van der Waals surface area contributed by atoms with Crippen LogP contribution < -0.4 is 5.32 Å². The maximum atomic E-state index is 12.3. The fourth-order valence-corrected chi connectivity index (χ4v) is 3.14. The van der Waals surface area contributed by atoms with Crippen molar-refractivity contribution in [3.63, 3.8) is 0 Å². The summed E-state index contributed by atoms with van der Waals surface area (Å²) in [4.78, 5) is 23.4. The number of nitrogens with one attached hydrogen (secondary N) is 1. The Balaban J connectivity index is 1.95. The van der Waals surface area contributed by atoms with Crippen molar-refractivity contribution in [2.24, 2.45) is 17.3 Å². The van der Waals surface area contributed by atoms with Crippen LogP contribution in [0, 0.1) is 17.3 Å². The number of carboxylic acid groups (broad SMARTS) is 1. The number of aliphatic hydroxyl groups is 2. The third-order valence-corrected chi connectivity index (χ3v) is 4.63. The molecule has 2 rings (SSSR count). The SMILES string of the molecule is CC1(C)[C@H](C(=O)O)[C@@H]1C(=O)NC(CO)CC(O)c1ccccc1. The van der Waals surface area contributed by atoms with Crippen LogP contribution in [0.15, 0.2) is 30.3 Å². The van der Waals surface area contributed by atoms with Gasteiger partial charge in [-0.05, 0) is 17.4 Å². The molecule has 0 heterocycles. The lowest BCUT2D eigenvalue weighted by Crippen LogP contribution is -2.40. The summed E-state index contributed by atoms with van der Waals surface area (Å²) in [7, 11) is 0. The smallest absolute Gasteiger partial charge is 0.307 e. The standard InChI is InChI=1S/C17H23NO5/c1-17(2)13(14(17)16(22)23)15(21)18-11(9-19)8-12(20)10-6-4-3-5-7-10/h3-7,11-14,19-20H,8-9H2,1-2H3,(H,18,21)(H,22,23)/t11?,12?,13-,14+/m1/s1. The van der Waals surface area contributed by atoms with Gasteiger partial charge in [-0.1, -0.05) is 44.2 Å². The van der Waals surface area contributed by atoms with Gasteiger partial charge in [0.2, 0.25) is 5.91 Å². The third kappa shape index (κ3) is 3.71. The molecule has 1 saturated carbocycles. The van der Waals surface area contributed by atoms with Gasteiger partial charge >= 0.3 is 5.97 Å². The van der Waals surface area contributed by atoms with E-state index in [-0.39, 0.29) is 18.9 Å². The maximum Gasteiger partial charge on any atom is 0.307 e. The molecule has 1 aliphatic carbocycles. The highest BCUT2D eigenvalue weighted by atomic mass is 16.4. The molecule has 4 atom stereocenters. The predicted molar refractivity (Wildman–Crippen MR) is 83.4 cm³/mol. The van der Waals surface area contributed by atoms with Gasteiger partial charge in [0, 0.05) is 0 Å². The lowest BCUT2D eigenvalue weighted by atomic mass is 10.0. The normalized spacial score (nSPS) is 24.5. The van der Waals surface area contributed by atoms with Gasteiger partial charge in [-0.2, -0.15) is 0 Å². The molecule has 0 aliphatic heterocycles. The molecule has 23 heavy (non-hydrogen) atoms.